The Labute approximate surface area is 458 Å². The first kappa shape index (κ1) is 43.9. The Morgan fingerprint density at radius 1 is 0.278 bits per heavy atom. The topological polar surface area (TPSA) is 32.5 Å². The second-order valence-electron chi connectivity index (χ2n) is 21.2. The fourth-order valence-corrected chi connectivity index (χ4v) is 14.6. The van der Waals surface area contributed by atoms with E-state index >= 15 is 0 Å². The minimum absolute atomic E-state index is 0.447. The van der Waals surface area contributed by atoms with Gasteiger partial charge in [0.2, 0.25) is 5.89 Å². The van der Waals surface area contributed by atoms with Crippen LogP contribution in [0, 0.1) is 0 Å². The van der Waals surface area contributed by atoms with E-state index in [1.807, 2.05) is 0 Å². The summed E-state index contributed by atoms with van der Waals surface area (Å²) < 4.78 is 6.85. The summed E-state index contributed by atoms with van der Waals surface area (Å²) in [5.41, 5.74) is 28.6. The van der Waals surface area contributed by atoms with Crippen LogP contribution >= 0.6 is 0 Å². The van der Waals surface area contributed by atoms with Gasteiger partial charge in [-0.3, -0.25) is 0 Å². The number of anilines is 6. The van der Waals surface area contributed by atoms with Crippen molar-refractivity contribution in [1.29, 1.82) is 0 Å². The molecular weight excluding hydrogens is 959 g/mol. The predicted molar refractivity (Wildman–Crippen MR) is 321 cm³/mol. The van der Waals surface area contributed by atoms with Crippen molar-refractivity contribution in [2.45, 2.75) is 10.8 Å². The highest BCUT2D eigenvalue weighted by Gasteiger charge is 2.54. The molecule has 0 atom stereocenters. The molecule has 2 spiro atoms. The van der Waals surface area contributed by atoms with Crippen LogP contribution < -0.4 is 9.80 Å². The average molecular weight is 1010 g/mol. The highest BCUT2D eigenvalue weighted by atomic mass is 16.3. The summed E-state index contributed by atoms with van der Waals surface area (Å²) in [6.07, 6.45) is 0. The molecule has 0 saturated heterocycles. The Kier molecular flexibility index (Phi) is 9.23. The van der Waals surface area contributed by atoms with Crippen molar-refractivity contribution in [2.75, 3.05) is 9.80 Å². The number of hydrogen-bond donors (Lipinski definition) is 0. The van der Waals surface area contributed by atoms with E-state index in [0.717, 1.165) is 45.2 Å². The molecule has 0 saturated carbocycles. The summed E-state index contributed by atoms with van der Waals surface area (Å²) in [6, 6.07) is 104. The number of nitrogens with zero attached hydrogens (tertiary/aromatic N) is 3. The first-order valence-electron chi connectivity index (χ1n) is 27.3. The van der Waals surface area contributed by atoms with Gasteiger partial charge in [-0.1, -0.05) is 206 Å². The van der Waals surface area contributed by atoms with Gasteiger partial charge in [-0.15, -0.1) is 0 Å². The smallest absolute Gasteiger partial charge is 0.227 e. The zero-order valence-corrected chi connectivity index (χ0v) is 42.9. The normalized spacial score (nSPS) is 13.8. The molecule has 4 heteroatoms. The molecule has 17 rings (SSSR count). The van der Waals surface area contributed by atoms with Crippen molar-refractivity contribution in [2.24, 2.45) is 0 Å². The molecule has 4 aliphatic carbocycles. The fourth-order valence-electron chi connectivity index (χ4n) is 14.6. The Balaban J connectivity index is 0.778. The molecule has 0 radical (unpaired) electrons. The number of para-hydroxylation sites is 2. The number of fused-ring (bicyclic) bond motifs is 21. The zero-order chi connectivity index (χ0) is 51.8. The number of oxazole rings is 1. The van der Waals surface area contributed by atoms with Crippen molar-refractivity contribution >= 4 is 45.2 Å². The van der Waals surface area contributed by atoms with Gasteiger partial charge in [0.25, 0.3) is 0 Å². The minimum Gasteiger partial charge on any atom is -0.436 e. The maximum Gasteiger partial charge on any atom is 0.227 e. The highest BCUT2D eigenvalue weighted by molar-refractivity contribution is 6.03. The molecule has 12 aromatic carbocycles. The molecule has 13 aromatic rings. The van der Waals surface area contributed by atoms with Gasteiger partial charge in [-0.05, 0) is 151 Å². The molecule has 0 aliphatic heterocycles. The van der Waals surface area contributed by atoms with Crippen molar-refractivity contribution < 1.29 is 4.42 Å². The lowest BCUT2D eigenvalue weighted by molar-refractivity contribution is 0.620. The summed E-state index contributed by atoms with van der Waals surface area (Å²) in [5.74, 6) is 0.571. The third kappa shape index (κ3) is 5.89. The van der Waals surface area contributed by atoms with Gasteiger partial charge in [0.1, 0.15) is 5.52 Å². The molecule has 79 heavy (non-hydrogen) atoms. The molecule has 4 nitrogen and oxygen atoms in total. The third-order valence-electron chi connectivity index (χ3n) is 17.5. The molecule has 1 heterocycles. The Bertz CT molecular complexity index is 4540. The van der Waals surface area contributed by atoms with Gasteiger partial charge in [-0.25, -0.2) is 4.98 Å². The van der Waals surface area contributed by atoms with Gasteiger partial charge < -0.3 is 14.2 Å². The molecule has 0 N–H and O–H groups in total. The fraction of sp³-hybridized carbons (Fsp3) is 0.0267. The van der Waals surface area contributed by atoms with Crippen LogP contribution in [0.25, 0.3) is 67.1 Å². The van der Waals surface area contributed by atoms with E-state index in [0.29, 0.717) is 11.5 Å². The van der Waals surface area contributed by atoms with Crippen LogP contribution in [0.2, 0.25) is 0 Å². The number of benzene rings is 12. The van der Waals surface area contributed by atoms with Crippen LogP contribution in [0.1, 0.15) is 44.5 Å². The first-order chi connectivity index (χ1) is 39.2. The SMILES string of the molecule is c1ccc(N(c2ccc(-c3nc4ccc(N(c5ccccc5)c5cccc6c5-c5ccccc5C65c6ccccc6-c6ccccc65)cc4o3)cc2)c2cccc3c2-c2ccccc2C32c3ccccc3-c3ccccc32)cc1. The van der Waals surface area contributed by atoms with E-state index in [4.69, 9.17) is 9.40 Å². The van der Waals surface area contributed by atoms with Crippen LogP contribution in [-0.4, -0.2) is 4.98 Å². The van der Waals surface area contributed by atoms with Gasteiger partial charge >= 0.3 is 0 Å². The number of hydrogen-bond acceptors (Lipinski definition) is 4. The van der Waals surface area contributed by atoms with E-state index in [2.05, 4.69) is 295 Å². The Morgan fingerprint density at radius 3 is 1.06 bits per heavy atom. The molecule has 0 bridgehead atoms. The van der Waals surface area contributed by atoms with E-state index in [1.54, 1.807) is 0 Å². The standard InChI is InChI=1S/C75H47N3O/c1-3-21-49(22-4-1)77(68-39-19-37-65-71(68)57-29-11-17-35-63(57)74(65)59-31-13-7-25-53(59)54-26-8-14-32-60(54)74)51-43-41-48(42-44-51)73-76-67-46-45-52(47-70(67)79-73)78(50-23-5-2-6-24-50)69-40-20-38-66-72(69)58-30-12-18-36-64(58)75(66)61-33-15-9-27-55(61)56-28-10-16-34-62(56)75/h1-47H. The lowest BCUT2D eigenvalue weighted by Crippen LogP contribution is -2.26. The van der Waals surface area contributed by atoms with Crippen molar-refractivity contribution in [3.63, 3.8) is 0 Å². The molecule has 0 unspecified atom stereocenters. The Hall–Kier alpha value is -10.3. The summed E-state index contributed by atoms with van der Waals surface area (Å²) >= 11 is 0. The molecule has 1 aromatic heterocycles. The number of aromatic nitrogens is 1. The van der Waals surface area contributed by atoms with Crippen LogP contribution in [0.3, 0.4) is 0 Å². The van der Waals surface area contributed by atoms with E-state index in [1.165, 1.54) is 89.0 Å². The van der Waals surface area contributed by atoms with Gasteiger partial charge in [0, 0.05) is 39.8 Å². The highest BCUT2D eigenvalue weighted by Crippen LogP contribution is 2.66. The summed E-state index contributed by atoms with van der Waals surface area (Å²) in [5, 5.41) is 0. The zero-order valence-electron chi connectivity index (χ0n) is 42.9. The minimum atomic E-state index is -0.459. The van der Waals surface area contributed by atoms with Gasteiger partial charge in [0.15, 0.2) is 5.58 Å². The molecular formula is C75H47N3O. The summed E-state index contributed by atoms with van der Waals surface area (Å²) in [7, 11) is 0. The maximum absolute atomic E-state index is 6.85. The summed E-state index contributed by atoms with van der Waals surface area (Å²) in [6.45, 7) is 0. The number of rotatable bonds is 7. The molecule has 0 fully saturated rings. The first-order valence-corrected chi connectivity index (χ1v) is 27.3. The van der Waals surface area contributed by atoms with Crippen molar-refractivity contribution in [1.82, 2.24) is 4.98 Å². The predicted octanol–water partition coefficient (Wildman–Crippen LogP) is 19.1. The largest absolute Gasteiger partial charge is 0.436 e. The van der Waals surface area contributed by atoms with E-state index in [-0.39, 0.29) is 0 Å². The van der Waals surface area contributed by atoms with Gasteiger partial charge in [-0.2, -0.15) is 0 Å². The van der Waals surface area contributed by atoms with E-state index < -0.39 is 10.8 Å². The maximum atomic E-state index is 6.85. The van der Waals surface area contributed by atoms with Crippen molar-refractivity contribution in [3.05, 3.63) is 330 Å². The lowest BCUT2D eigenvalue weighted by Gasteiger charge is -2.31. The van der Waals surface area contributed by atoms with Crippen molar-refractivity contribution in [3.8, 4) is 56.0 Å². The molecule has 0 amide bonds. The summed E-state index contributed by atoms with van der Waals surface area (Å²) in [4.78, 5) is 9.95. The quantitative estimate of drug-likeness (QED) is 0.159. The Morgan fingerprint density at radius 2 is 0.620 bits per heavy atom. The second kappa shape index (κ2) is 16.6. The second-order valence-corrected chi connectivity index (χ2v) is 21.2. The van der Waals surface area contributed by atoms with Crippen LogP contribution in [0.15, 0.2) is 290 Å². The molecule has 368 valence electrons. The monoisotopic (exact) mass is 1010 g/mol. The lowest BCUT2D eigenvalue weighted by atomic mass is 9.70. The van der Waals surface area contributed by atoms with Crippen LogP contribution in [0.5, 0.6) is 0 Å². The van der Waals surface area contributed by atoms with Crippen LogP contribution in [-0.2, 0) is 10.8 Å². The van der Waals surface area contributed by atoms with Crippen LogP contribution in [0.4, 0.5) is 34.1 Å². The van der Waals surface area contributed by atoms with E-state index in [9.17, 15) is 0 Å². The molecule has 4 aliphatic rings. The average Bonchev–Trinajstić information content (AvgIpc) is 4.32. The third-order valence-corrected chi connectivity index (χ3v) is 17.5. The van der Waals surface area contributed by atoms with Gasteiger partial charge in [0.05, 0.1) is 27.9 Å².